The highest BCUT2D eigenvalue weighted by Gasteiger charge is 2.65. The van der Waals surface area contributed by atoms with Gasteiger partial charge in [0.1, 0.15) is 5.78 Å². The lowest BCUT2D eigenvalue weighted by molar-refractivity contribution is -0.165. The van der Waals surface area contributed by atoms with E-state index in [-0.39, 0.29) is 22.2 Å². The molecule has 1 spiro atoms. The fourth-order valence-electron chi connectivity index (χ4n) is 7.76. The number of hydrogen-bond donors (Lipinski definition) is 1. The van der Waals surface area contributed by atoms with Crippen LogP contribution in [0.3, 0.4) is 0 Å². The zero-order valence-corrected chi connectivity index (χ0v) is 14.7. The molecule has 0 aromatic rings. The van der Waals surface area contributed by atoms with Gasteiger partial charge in [0.05, 0.1) is 5.92 Å². The van der Waals surface area contributed by atoms with Crippen LogP contribution in [0.5, 0.6) is 0 Å². The van der Waals surface area contributed by atoms with Crippen molar-refractivity contribution in [2.24, 2.45) is 39.9 Å². The molecule has 4 aliphatic carbocycles. The van der Waals surface area contributed by atoms with Crippen molar-refractivity contribution in [1.29, 1.82) is 0 Å². The van der Waals surface area contributed by atoms with Gasteiger partial charge < -0.3 is 5.11 Å². The quantitative estimate of drug-likeness (QED) is 0.784. The molecule has 0 aromatic carbocycles. The van der Waals surface area contributed by atoms with E-state index in [4.69, 9.17) is 0 Å². The maximum absolute atomic E-state index is 12.5. The van der Waals surface area contributed by atoms with Crippen LogP contribution < -0.4 is 0 Å². The molecule has 0 amide bonds. The molecule has 2 bridgehead atoms. The molecular formula is C20H30O3. The molecule has 4 saturated carbocycles. The molecule has 3 heteroatoms. The minimum absolute atomic E-state index is 0.113. The minimum atomic E-state index is -0.570. The van der Waals surface area contributed by atoms with Crippen LogP contribution in [0.1, 0.15) is 72.1 Å². The highest BCUT2D eigenvalue weighted by atomic mass is 16.4. The largest absolute Gasteiger partial charge is 0.481 e. The van der Waals surface area contributed by atoms with Crippen molar-refractivity contribution in [3.05, 3.63) is 0 Å². The van der Waals surface area contributed by atoms with Crippen LogP contribution >= 0.6 is 0 Å². The van der Waals surface area contributed by atoms with Gasteiger partial charge in [-0.2, -0.15) is 0 Å². The Labute approximate surface area is 139 Å². The number of Topliss-reactive ketones (excluding diaryl/α,β-unsaturated/α-hetero) is 1. The summed E-state index contributed by atoms with van der Waals surface area (Å²) < 4.78 is 0. The average molecular weight is 318 g/mol. The molecule has 0 saturated heterocycles. The van der Waals surface area contributed by atoms with E-state index in [9.17, 15) is 14.7 Å². The van der Waals surface area contributed by atoms with Crippen LogP contribution in [0.2, 0.25) is 0 Å². The third kappa shape index (κ3) is 1.88. The molecule has 0 aliphatic heterocycles. The molecule has 0 unspecified atom stereocenters. The van der Waals surface area contributed by atoms with E-state index < -0.39 is 5.97 Å². The van der Waals surface area contributed by atoms with Gasteiger partial charge in [0, 0.05) is 11.8 Å². The average Bonchev–Trinajstić information content (AvgIpc) is 2.75. The van der Waals surface area contributed by atoms with Crippen LogP contribution in [-0.2, 0) is 9.59 Å². The first-order chi connectivity index (χ1) is 10.7. The SMILES string of the molecule is CC1(C)C(=O)CC[C@]2(C)[C@@H]1CC[C@@]13C[C@@H](CC[C@H]12)[C@H](C(=O)O)C3. The van der Waals surface area contributed by atoms with E-state index in [2.05, 4.69) is 20.8 Å². The molecule has 23 heavy (non-hydrogen) atoms. The Kier molecular flexibility index (Phi) is 3.14. The summed E-state index contributed by atoms with van der Waals surface area (Å²) in [6.07, 6.45) is 8.30. The molecule has 0 heterocycles. The molecule has 0 radical (unpaired) electrons. The second kappa shape index (κ2) is 4.61. The summed E-state index contributed by atoms with van der Waals surface area (Å²) in [5.74, 6) is 1.27. The van der Waals surface area contributed by atoms with Gasteiger partial charge in [0.25, 0.3) is 0 Å². The zero-order valence-electron chi connectivity index (χ0n) is 14.7. The van der Waals surface area contributed by atoms with Crippen molar-refractivity contribution in [2.75, 3.05) is 0 Å². The van der Waals surface area contributed by atoms with Crippen LogP contribution in [0.4, 0.5) is 0 Å². The first-order valence-corrected chi connectivity index (χ1v) is 9.47. The number of ketones is 1. The lowest BCUT2D eigenvalue weighted by Crippen LogP contribution is -2.58. The number of rotatable bonds is 1. The number of carbonyl (C=O) groups excluding carboxylic acids is 1. The first-order valence-electron chi connectivity index (χ1n) is 9.47. The van der Waals surface area contributed by atoms with Crippen molar-refractivity contribution in [1.82, 2.24) is 0 Å². The number of carbonyl (C=O) groups is 2. The number of fused-ring (bicyclic) bond motifs is 3. The van der Waals surface area contributed by atoms with Gasteiger partial charge in [-0.25, -0.2) is 0 Å². The monoisotopic (exact) mass is 318 g/mol. The second-order valence-electron chi connectivity index (χ2n) is 9.85. The Morgan fingerprint density at radius 2 is 1.78 bits per heavy atom. The van der Waals surface area contributed by atoms with Crippen molar-refractivity contribution in [3.8, 4) is 0 Å². The molecule has 128 valence electrons. The van der Waals surface area contributed by atoms with E-state index >= 15 is 0 Å². The zero-order chi connectivity index (χ0) is 16.6. The van der Waals surface area contributed by atoms with Gasteiger partial charge in [-0.1, -0.05) is 20.8 Å². The Morgan fingerprint density at radius 3 is 2.48 bits per heavy atom. The number of carboxylic acid groups (broad SMARTS) is 1. The molecule has 3 nitrogen and oxygen atoms in total. The fourth-order valence-corrected chi connectivity index (χ4v) is 7.76. The number of hydrogen-bond acceptors (Lipinski definition) is 2. The van der Waals surface area contributed by atoms with Gasteiger partial charge in [-0.3, -0.25) is 9.59 Å². The van der Waals surface area contributed by atoms with Gasteiger partial charge in [-0.15, -0.1) is 0 Å². The van der Waals surface area contributed by atoms with Crippen molar-refractivity contribution < 1.29 is 14.7 Å². The van der Waals surface area contributed by atoms with E-state index in [0.29, 0.717) is 23.5 Å². The minimum Gasteiger partial charge on any atom is -0.481 e. The van der Waals surface area contributed by atoms with E-state index in [1.165, 1.54) is 6.42 Å². The van der Waals surface area contributed by atoms with Crippen LogP contribution in [0.25, 0.3) is 0 Å². The number of aliphatic carboxylic acids is 1. The van der Waals surface area contributed by atoms with E-state index in [1.54, 1.807) is 0 Å². The Bertz CT molecular complexity index is 565. The third-order valence-corrected chi connectivity index (χ3v) is 8.75. The van der Waals surface area contributed by atoms with Crippen LogP contribution in [0.15, 0.2) is 0 Å². The molecule has 4 aliphatic rings. The summed E-state index contributed by atoms with van der Waals surface area (Å²) in [5.41, 5.74) is 0.290. The van der Waals surface area contributed by atoms with Gasteiger partial charge in [0.15, 0.2) is 0 Å². The lowest BCUT2D eigenvalue weighted by atomic mass is 9.41. The summed E-state index contributed by atoms with van der Waals surface area (Å²) in [6.45, 7) is 6.76. The highest BCUT2D eigenvalue weighted by Crippen LogP contribution is 2.71. The summed E-state index contributed by atoms with van der Waals surface area (Å²) >= 11 is 0. The molecule has 6 atom stereocenters. The van der Waals surface area contributed by atoms with Crippen molar-refractivity contribution >= 4 is 11.8 Å². The normalized spacial score (nSPS) is 51.0. The molecule has 0 aromatic heterocycles. The topological polar surface area (TPSA) is 54.4 Å². The number of carboxylic acids is 1. The highest BCUT2D eigenvalue weighted by molar-refractivity contribution is 5.85. The van der Waals surface area contributed by atoms with Crippen LogP contribution in [0, 0.1) is 39.9 Å². The third-order valence-electron chi connectivity index (χ3n) is 8.75. The van der Waals surface area contributed by atoms with E-state index in [1.807, 2.05) is 0 Å². The smallest absolute Gasteiger partial charge is 0.306 e. The maximum atomic E-state index is 12.5. The standard InChI is InChI=1S/C20H30O3/c1-18(2)14-6-9-20-10-12(13(11-20)17(22)23)4-5-15(20)19(14,3)8-7-16(18)21/h12-15H,4-11H2,1-3H3,(H,22,23)/t12-,13-,14-,15+,19-,20+/m1/s1. The first kappa shape index (κ1) is 15.7. The summed E-state index contributed by atoms with van der Waals surface area (Å²) in [7, 11) is 0. The maximum Gasteiger partial charge on any atom is 0.306 e. The molecule has 4 fully saturated rings. The van der Waals surface area contributed by atoms with Crippen molar-refractivity contribution in [3.63, 3.8) is 0 Å². The van der Waals surface area contributed by atoms with Gasteiger partial charge in [0.2, 0.25) is 0 Å². The summed E-state index contributed by atoms with van der Waals surface area (Å²) in [5, 5.41) is 9.62. The lowest BCUT2D eigenvalue weighted by Gasteiger charge is -2.63. The summed E-state index contributed by atoms with van der Waals surface area (Å²) in [4.78, 5) is 24.2. The van der Waals surface area contributed by atoms with E-state index in [0.717, 1.165) is 44.9 Å². The van der Waals surface area contributed by atoms with Crippen LogP contribution in [-0.4, -0.2) is 16.9 Å². The Balaban J connectivity index is 1.71. The molecule has 1 N–H and O–H groups in total. The molecule has 4 rings (SSSR count). The predicted molar refractivity (Wildman–Crippen MR) is 87.9 cm³/mol. The van der Waals surface area contributed by atoms with Gasteiger partial charge in [-0.05, 0) is 73.5 Å². The molecular weight excluding hydrogens is 288 g/mol. The summed E-state index contributed by atoms with van der Waals surface area (Å²) in [6, 6.07) is 0. The predicted octanol–water partition coefficient (Wildman–Crippen LogP) is 4.30. The van der Waals surface area contributed by atoms with Gasteiger partial charge >= 0.3 is 5.97 Å². The second-order valence-corrected chi connectivity index (χ2v) is 9.85. The van der Waals surface area contributed by atoms with Crippen molar-refractivity contribution in [2.45, 2.75) is 72.1 Å². The Hall–Kier alpha value is -0.860. The fraction of sp³-hybridized carbons (Fsp3) is 0.900. The Morgan fingerprint density at radius 1 is 1.04 bits per heavy atom.